The van der Waals surface area contributed by atoms with E-state index < -0.39 is 17.9 Å². The lowest BCUT2D eigenvalue weighted by Gasteiger charge is -2.28. The molecular formula is C16H28ClN3O7. The summed E-state index contributed by atoms with van der Waals surface area (Å²) in [5.74, 6) is -1.55. The summed E-state index contributed by atoms with van der Waals surface area (Å²) >= 11 is 0. The molecule has 0 saturated carbocycles. The van der Waals surface area contributed by atoms with E-state index in [-0.39, 0.29) is 45.2 Å². The zero-order valence-corrected chi connectivity index (χ0v) is 16.4. The zero-order chi connectivity index (χ0) is 19.2. The monoisotopic (exact) mass is 409 g/mol. The van der Waals surface area contributed by atoms with Gasteiger partial charge in [0.05, 0.1) is 45.1 Å². The molecule has 1 amide bonds. The number of halogens is 1. The number of ether oxygens (including phenoxy) is 4. The largest absolute Gasteiger partial charge is 0.480 e. The number of methoxy groups -OCH3 is 2. The molecule has 0 spiro atoms. The van der Waals surface area contributed by atoms with E-state index in [0.717, 1.165) is 0 Å². The first-order valence-electron chi connectivity index (χ1n) is 8.23. The molecular weight excluding hydrogens is 382 g/mol. The van der Waals surface area contributed by atoms with Gasteiger partial charge in [0.1, 0.15) is 12.6 Å². The molecule has 1 aromatic heterocycles. The maximum Gasteiger partial charge on any atom is 0.326 e. The van der Waals surface area contributed by atoms with Gasteiger partial charge in [-0.15, -0.1) is 12.4 Å². The topological polar surface area (TPSA) is 123 Å². The Morgan fingerprint density at radius 3 is 2.37 bits per heavy atom. The van der Waals surface area contributed by atoms with Gasteiger partial charge in [0.2, 0.25) is 5.91 Å². The molecule has 0 aromatic carbocycles. The average Bonchev–Trinajstić information content (AvgIpc) is 3.13. The first-order valence-corrected chi connectivity index (χ1v) is 8.23. The number of aliphatic carboxylic acids is 1. The Morgan fingerprint density at radius 2 is 1.81 bits per heavy atom. The fourth-order valence-electron chi connectivity index (χ4n) is 2.18. The summed E-state index contributed by atoms with van der Waals surface area (Å²) in [5, 5.41) is 9.59. The fourth-order valence-corrected chi connectivity index (χ4v) is 2.18. The number of carbonyl (C=O) groups is 2. The van der Waals surface area contributed by atoms with Crippen LogP contribution in [0.2, 0.25) is 0 Å². The van der Waals surface area contributed by atoms with Crippen LogP contribution < -0.4 is 0 Å². The van der Waals surface area contributed by atoms with Crippen molar-refractivity contribution >= 4 is 24.3 Å². The Hall–Kier alpha value is -1.72. The SMILES string of the molecule is COCCOCCN(C(=O)COCCOC)[C@@H](Cc1c[nH]cn1)C(=O)O.Cl. The number of hydrogen-bond acceptors (Lipinski definition) is 7. The van der Waals surface area contributed by atoms with Crippen molar-refractivity contribution in [3.05, 3.63) is 18.2 Å². The van der Waals surface area contributed by atoms with Crippen LogP contribution >= 0.6 is 12.4 Å². The molecule has 10 nitrogen and oxygen atoms in total. The Morgan fingerprint density at radius 1 is 1.15 bits per heavy atom. The summed E-state index contributed by atoms with van der Waals surface area (Å²) < 4.78 is 20.3. The van der Waals surface area contributed by atoms with E-state index in [1.807, 2.05) is 0 Å². The summed E-state index contributed by atoms with van der Waals surface area (Å²) in [6, 6.07) is -1.07. The average molecular weight is 410 g/mol. The second kappa shape index (κ2) is 15.3. The first kappa shape index (κ1) is 25.3. The molecule has 0 radical (unpaired) electrons. The van der Waals surface area contributed by atoms with Crippen molar-refractivity contribution in [3.63, 3.8) is 0 Å². The number of carbonyl (C=O) groups excluding carboxylic acids is 1. The van der Waals surface area contributed by atoms with E-state index in [4.69, 9.17) is 18.9 Å². The van der Waals surface area contributed by atoms with Crippen molar-refractivity contribution in [2.24, 2.45) is 0 Å². The molecule has 1 aromatic rings. The second-order valence-electron chi connectivity index (χ2n) is 5.36. The summed E-state index contributed by atoms with van der Waals surface area (Å²) in [6.45, 7) is 1.46. The lowest BCUT2D eigenvalue weighted by molar-refractivity contribution is -0.153. The molecule has 2 N–H and O–H groups in total. The van der Waals surface area contributed by atoms with Crippen molar-refractivity contribution in [1.82, 2.24) is 14.9 Å². The number of nitrogens with zero attached hydrogens (tertiary/aromatic N) is 2. The molecule has 0 aliphatic heterocycles. The van der Waals surface area contributed by atoms with E-state index in [1.165, 1.54) is 18.3 Å². The van der Waals surface area contributed by atoms with Gasteiger partial charge < -0.3 is 33.9 Å². The van der Waals surface area contributed by atoms with Crippen LogP contribution in [0, 0.1) is 0 Å². The van der Waals surface area contributed by atoms with E-state index in [9.17, 15) is 14.7 Å². The van der Waals surface area contributed by atoms with Gasteiger partial charge in [0, 0.05) is 33.4 Å². The van der Waals surface area contributed by atoms with Gasteiger partial charge in [0.15, 0.2) is 0 Å². The molecule has 156 valence electrons. The molecule has 0 bridgehead atoms. The molecule has 27 heavy (non-hydrogen) atoms. The highest BCUT2D eigenvalue weighted by molar-refractivity contribution is 5.85. The zero-order valence-electron chi connectivity index (χ0n) is 15.6. The number of carboxylic acid groups (broad SMARTS) is 1. The number of nitrogens with one attached hydrogen (secondary N) is 1. The second-order valence-corrected chi connectivity index (χ2v) is 5.36. The van der Waals surface area contributed by atoms with Gasteiger partial charge in [-0.1, -0.05) is 0 Å². The van der Waals surface area contributed by atoms with Gasteiger partial charge in [-0.2, -0.15) is 0 Å². The third kappa shape index (κ3) is 10.3. The normalized spacial score (nSPS) is 11.6. The summed E-state index contributed by atoms with van der Waals surface area (Å²) in [6.07, 6.45) is 3.14. The smallest absolute Gasteiger partial charge is 0.326 e. The third-order valence-corrected chi connectivity index (χ3v) is 3.50. The van der Waals surface area contributed by atoms with Crippen LogP contribution in [-0.4, -0.2) is 98.3 Å². The first-order chi connectivity index (χ1) is 12.6. The number of imidazole rings is 1. The third-order valence-electron chi connectivity index (χ3n) is 3.50. The number of aromatic nitrogens is 2. The summed E-state index contributed by atoms with van der Waals surface area (Å²) in [5.41, 5.74) is 0.552. The highest BCUT2D eigenvalue weighted by Crippen LogP contribution is 2.09. The van der Waals surface area contributed by atoms with Crippen molar-refractivity contribution < 1.29 is 33.6 Å². The Balaban J connectivity index is 0.00000676. The molecule has 1 rings (SSSR count). The van der Waals surface area contributed by atoms with Crippen LogP contribution in [0.4, 0.5) is 0 Å². The molecule has 1 heterocycles. The van der Waals surface area contributed by atoms with Crippen molar-refractivity contribution in [2.45, 2.75) is 12.5 Å². The van der Waals surface area contributed by atoms with Crippen molar-refractivity contribution in [1.29, 1.82) is 0 Å². The molecule has 11 heteroatoms. The Kier molecular flexibility index (Phi) is 14.4. The van der Waals surface area contributed by atoms with Crippen LogP contribution in [0.1, 0.15) is 5.69 Å². The maximum absolute atomic E-state index is 12.5. The number of carboxylic acids is 1. The van der Waals surface area contributed by atoms with Crippen LogP contribution in [0.15, 0.2) is 12.5 Å². The van der Waals surface area contributed by atoms with Gasteiger partial charge >= 0.3 is 5.97 Å². The lowest BCUT2D eigenvalue weighted by Crippen LogP contribution is -2.49. The summed E-state index contributed by atoms with van der Waals surface area (Å²) in [4.78, 5) is 32.3. The van der Waals surface area contributed by atoms with Gasteiger partial charge in [-0.05, 0) is 0 Å². The van der Waals surface area contributed by atoms with E-state index in [1.54, 1.807) is 13.3 Å². The molecule has 0 unspecified atom stereocenters. The van der Waals surface area contributed by atoms with Gasteiger partial charge in [0.25, 0.3) is 0 Å². The standard InChI is InChI=1S/C16H27N3O7.ClH/c1-23-5-7-25-4-3-19(15(20)11-26-8-6-24-2)14(16(21)22)9-13-10-17-12-18-13;/h10,12,14H,3-9,11H2,1-2H3,(H,17,18)(H,21,22);1H/t14-;/m0./s1. The van der Waals surface area contributed by atoms with Crippen LogP contribution in [0.3, 0.4) is 0 Å². The van der Waals surface area contributed by atoms with Crippen molar-refractivity contribution in [3.8, 4) is 0 Å². The molecule has 0 fully saturated rings. The number of amides is 1. The predicted molar refractivity (Wildman–Crippen MR) is 98.1 cm³/mol. The minimum absolute atomic E-state index is 0. The van der Waals surface area contributed by atoms with E-state index in [0.29, 0.717) is 25.5 Å². The number of rotatable bonds is 15. The van der Waals surface area contributed by atoms with Crippen LogP contribution in [0.5, 0.6) is 0 Å². The molecule has 0 aliphatic carbocycles. The van der Waals surface area contributed by atoms with Gasteiger partial charge in [-0.25, -0.2) is 9.78 Å². The van der Waals surface area contributed by atoms with Crippen LogP contribution in [0.25, 0.3) is 0 Å². The minimum Gasteiger partial charge on any atom is -0.480 e. The lowest BCUT2D eigenvalue weighted by atomic mass is 10.1. The Labute approximate surface area is 164 Å². The maximum atomic E-state index is 12.5. The number of hydrogen-bond donors (Lipinski definition) is 2. The summed E-state index contributed by atoms with van der Waals surface area (Å²) in [7, 11) is 3.08. The van der Waals surface area contributed by atoms with Gasteiger partial charge in [-0.3, -0.25) is 4.79 Å². The Bertz CT molecular complexity index is 516. The highest BCUT2D eigenvalue weighted by Gasteiger charge is 2.30. The van der Waals surface area contributed by atoms with Crippen LogP contribution in [-0.2, 0) is 35.0 Å². The molecule has 0 saturated heterocycles. The number of aromatic amines is 1. The van der Waals surface area contributed by atoms with E-state index >= 15 is 0 Å². The highest BCUT2D eigenvalue weighted by atomic mass is 35.5. The minimum atomic E-state index is -1.12. The van der Waals surface area contributed by atoms with Crippen molar-refractivity contribution in [2.75, 3.05) is 60.4 Å². The van der Waals surface area contributed by atoms with E-state index in [2.05, 4.69) is 9.97 Å². The number of H-pyrrole nitrogens is 1. The molecule has 1 atom stereocenters. The fraction of sp³-hybridized carbons (Fsp3) is 0.688. The predicted octanol–water partition coefficient (Wildman–Crippen LogP) is -0.0182. The molecule has 0 aliphatic rings. The quantitative estimate of drug-likeness (QED) is 0.387.